The molecule has 0 bridgehead atoms. The fourth-order valence-electron chi connectivity index (χ4n) is 3.87. The first kappa shape index (κ1) is 39.4. The van der Waals surface area contributed by atoms with E-state index in [0.717, 1.165) is 20.8 Å². The Morgan fingerprint density at radius 2 is 0.884 bits per heavy atom. The Labute approximate surface area is 232 Å². The van der Waals surface area contributed by atoms with Gasteiger partial charge in [0.15, 0.2) is 0 Å². The van der Waals surface area contributed by atoms with E-state index in [9.17, 15) is 83.1 Å². The van der Waals surface area contributed by atoms with Crippen molar-refractivity contribution < 1.29 is 87.0 Å². The first-order chi connectivity index (χ1) is 18.8. The standard InChI is InChI=1S/C21H22F17O3PS/c1-4-42(5-2,6-3,12-13-10-8-7-9-11-13)41-43(39,40)21(37,38)19(32,33)17(28,29)15(24,25)14(22,23)16(26,27)18(30,31)20(34,35)36/h7-11H,4-6,12H2,1-3H3. The number of halogens is 17. The van der Waals surface area contributed by atoms with Crippen molar-refractivity contribution in [2.45, 2.75) is 73.9 Å². The van der Waals surface area contributed by atoms with Gasteiger partial charge in [0.1, 0.15) is 0 Å². The second-order valence-corrected chi connectivity index (χ2v) is 17.4. The predicted molar refractivity (Wildman–Crippen MR) is 119 cm³/mol. The van der Waals surface area contributed by atoms with Gasteiger partial charge < -0.3 is 0 Å². The first-order valence-corrected chi connectivity index (χ1v) is 15.8. The van der Waals surface area contributed by atoms with Gasteiger partial charge in [-0.1, -0.05) is 0 Å². The van der Waals surface area contributed by atoms with E-state index >= 15 is 0 Å². The Balaban J connectivity index is 3.86. The molecule has 0 saturated heterocycles. The van der Waals surface area contributed by atoms with Gasteiger partial charge in [-0.15, -0.1) is 0 Å². The number of rotatable bonds is 14. The molecule has 3 nitrogen and oxygen atoms in total. The Kier molecular flexibility index (Phi) is 10.1. The van der Waals surface area contributed by atoms with Crippen molar-refractivity contribution in [2.75, 3.05) is 18.5 Å². The van der Waals surface area contributed by atoms with Crippen LogP contribution >= 0.6 is 6.83 Å². The molecule has 0 heterocycles. The normalized spacial score (nSPS) is 16.6. The van der Waals surface area contributed by atoms with E-state index < -0.39 is 88.6 Å². The van der Waals surface area contributed by atoms with Crippen LogP contribution in [0.15, 0.2) is 30.3 Å². The van der Waals surface area contributed by atoms with Gasteiger partial charge in [0.2, 0.25) is 0 Å². The fourth-order valence-corrected chi connectivity index (χ4v) is 11.5. The number of hydrogen-bond acceptors (Lipinski definition) is 3. The summed E-state index contributed by atoms with van der Waals surface area (Å²) in [6, 6.07) is 6.61. The molecule has 1 aromatic rings. The first-order valence-electron chi connectivity index (χ1n) is 11.5. The zero-order valence-electron chi connectivity index (χ0n) is 21.7. The maximum absolute atomic E-state index is 14.7. The zero-order chi connectivity index (χ0) is 34.6. The molecule has 0 aromatic heterocycles. The Morgan fingerprint density at radius 1 is 0.558 bits per heavy atom. The SMILES string of the molecule is CCP(CC)(CC)(Cc1ccccc1)OS(=O)(=O)C(F)(F)C(F)(F)C(F)(F)C(F)(F)C(F)(F)C(F)(F)C(F)(F)C(F)(F)F. The van der Waals surface area contributed by atoms with Crippen LogP contribution in [-0.4, -0.2) is 73.9 Å². The van der Waals surface area contributed by atoms with Crippen molar-refractivity contribution in [1.29, 1.82) is 0 Å². The predicted octanol–water partition coefficient (Wildman–Crippen LogP) is 9.03. The molecule has 0 aliphatic rings. The number of hydrogen-bond donors (Lipinski definition) is 0. The van der Waals surface area contributed by atoms with Crippen LogP contribution in [0.25, 0.3) is 0 Å². The quantitative estimate of drug-likeness (QED) is 0.143. The van der Waals surface area contributed by atoms with Crippen LogP contribution < -0.4 is 0 Å². The third-order valence-corrected chi connectivity index (χ3v) is 16.5. The summed E-state index contributed by atoms with van der Waals surface area (Å²) >= 11 is 0. The van der Waals surface area contributed by atoms with E-state index in [1.807, 2.05) is 0 Å². The van der Waals surface area contributed by atoms with Crippen molar-refractivity contribution in [3.05, 3.63) is 35.9 Å². The Morgan fingerprint density at radius 3 is 1.21 bits per heavy atom. The summed E-state index contributed by atoms with van der Waals surface area (Å²) in [5.74, 6) is -51.9. The van der Waals surface area contributed by atoms with Crippen molar-refractivity contribution in [2.24, 2.45) is 0 Å². The van der Waals surface area contributed by atoms with E-state index in [1.165, 1.54) is 30.3 Å². The van der Waals surface area contributed by atoms with E-state index in [2.05, 4.69) is 3.97 Å². The van der Waals surface area contributed by atoms with Gasteiger partial charge in [-0.2, -0.15) is 0 Å². The molecule has 0 aliphatic carbocycles. The summed E-state index contributed by atoms with van der Waals surface area (Å²) in [6.07, 6.45) is -10.3. The van der Waals surface area contributed by atoms with E-state index in [-0.39, 0.29) is 5.56 Å². The molecule has 0 aliphatic heterocycles. The van der Waals surface area contributed by atoms with Crippen LogP contribution in [0, 0.1) is 0 Å². The average molecular weight is 708 g/mol. The van der Waals surface area contributed by atoms with E-state index in [0.29, 0.717) is 0 Å². The van der Waals surface area contributed by atoms with Gasteiger partial charge in [0.05, 0.1) is 0 Å². The molecule has 0 radical (unpaired) electrons. The van der Waals surface area contributed by atoms with Crippen molar-refractivity contribution in [3.63, 3.8) is 0 Å². The van der Waals surface area contributed by atoms with Crippen LogP contribution in [-0.2, 0) is 20.3 Å². The summed E-state index contributed by atoms with van der Waals surface area (Å²) in [4.78, 5) is 0. The molecule has 22 heteroatoms. The molecule has 0 fully saturated rings. The van der Waals surface area contributed by atoms with E-state index in [4.69, 9.17) is 0 Å². The minimum atomic E-state index is -8.89. The molecular weight excluding hydrogens is 686 g/mol. The Bertz CT molecular complexity index is 1230. The third kappa shape index (κ3) is 5.56. The molecule has 0 spiro atoms. The molecule has 1 rings (SSSR count). The van der Waals surface area contributed by atoms with Gasteiger partial charge in [0.25, 0.3) is 0 Å². The third-order valence-electron chi connectivity index (χ3n) is 7.14. The molecule has 0 saturated carbocycles. The van der Waals surface area contributed by atoms with Crippen LogP contribution in [0.2, 0.25) is 0 Å². The molecule has 0 unspecified atom stereocenters. The maximum atomic E-state index is 14.7. The van der Waals surface area contributed by atoms with Crippen molar-refractivity contribution in [3.8, 4) is 0 Å². The van der Waals surface area contributed by atoms with Crippen LogP contribution in [0.4, 0.5) is 74.6 Å². The summed E-state index contributed by atoms with van der Waals surface area (Å²) in [5, 5.41) is -7.70. The molecule has 0 N–H and O–H groups in total. The molecule has 0 amide bonds. The zero-order valence-corrected chi connectivity index (χ0v) is 23.4. The number of alkyl halides is 17. The summed E-state index contributed by atoms with van der Waals surface area (Å²) in [7, 11) is -7.67. The summed E-state index contributed by atoms with van der Waals surface area (Å²) in [6.45, 7) is -1.61. The molecule has 43 heavy (non-hydrogen) atoms. The molecular formula is C21H22F17O3PS. The van der Waals surface area contributed by atoms with Crippen LogP contribution in [0.1, 0.15) is 26.3 Å². The second-order valence-electron chi connectivity index (χ2n) is 9.44. The van der Waals surface area contributed by atoms with Crippen molar-refractivity contribution >= 4 is 16.9 Å². The minimum absolute atomic E-state index is 0.111. The molecule has 254 valence electrons. The van der Waals surface area contributed by atoms with E-state index in [1.54, 1.807) is 0 Å². The van der Waals surface area contributed by atoms with Gasteiger partial charge >= 0.3 is 232 Å². The van der Waals surface area contributed by atoms with Gasteiger partial charge in [-0.05, 0) is 0 Å². The number of benzene rings is 1. The molecule has 0 atom stereocenters. The summed E-state index contributed by atoms with van der Waals surface area (Å²) in [5.41, 5.74) is 0.111. The second kappa shape index (κ2) is 11.0. The Hall–Kier alpha value is -1.63. The van der Waals surface area contributed by atoms with Gasteiger partial charge in [0, 0.05) is 0 Å². The van der Waals surface area contributed by atoms with Crippen LogP contribution in [0.5, 0.6) is 0 Å². The molecule has 1 aromatic carbocycles. The monoisotopic (exact) mass is 708 g/mol. The van der Waals surface area contributed by atoms with Crippen LogP contribution in [0.3, 0.4) is 0 Å². The fraction of sp³-hybridized carbons (Fsp3) is 0.714. The topological polar surface area (TPSA) is 43.4 Å². The summed E-state index contributed by atoms with van der Waals surface area (Å²) < 4.78 is 261. The van der Waals surface area contributed by atoms with Gasteiger partial charge in [-0.25, -0.2) is 0 Å². The van der Waals surface area contributed by atoms with Gasteiger partial charge in [-0.3, -0.25) is 0 Å². The average Bonchev–Trinajstić information content (AvgIpc) is 2.87. The van der Waals surface area contributed by atoms with Crippen molar-refractivity contribution in [1.82, 2.24) is 0 Å².